The highest BCUT2D eigenvalue weighted by molar-refractivity contribution is 6.35. The zero-order valence-electron chi connectivity index (χ0n) is 15.8. The molecule has 0 aliphatic carbocycles. The zero-order valence-corrected chi connectivity index (χ0v) is 17.3. The fourth-order valence-electron chi connectivity index (χ4n) is 3.54. The maximum atomic E-state index is 6.49. The van der Waals surface area contributed by atoms with Gasteiger partial charge >= 0.3 is 0 Å². The van der Waals surface area contributed by atoms with E-state index in [1.165, 1.54) is 0 Å². The van der Waals surface area contributed by atoms with E-state index in [4.69, 9.17) is 37.8 Å². The Labute approximate surface area is 174 Å². The molecule has 1 aliphatic heterocycles. The molecule has 0 saturated carbocycles. The van der Waals surface area contributed by atoms with Gasteiger partial charge in [-0.1, -0.05) is 23.2 Å². The van der Waals surface area contributed by atoms with Gasteiger partial charge in [-0.3, -0.25) is 0 Å². The van der Waals surface area contributed by atoms with E-state index < -0.39 is 0 Å². The molecule has 0 atom stereocenters. The summed E-state index contributed by atoms with van der Waals surface area (Å²) in [4.78, 5) is 0. The molecule has 5 nitrogen and oxygen atoms in total. The summed E-state index contributed by atoms with van der Waals surface area (Å²) in [7, 11) is 3.30. The predicted octanol–water partition coefficient (Wildman–Crippen LogP) is 5.61. The summed E-state index contributed by atoms with van der Waals surface area (Å²) >= 11 is 12.6. The van der Waals surface area contributed by atoms with Crippen molar-refractivity contribution in [2.45, 2.75) is 19.3 Å². The van der Waals surface area contributed by atoms with Crippen LogP contribution >= 0.6 is 23.2 Å². The Bertz CT molecular complexity index is 1020. The molecular weight excluding hydrogens is 397 g/mol. The van der Waals surface area contributed by atoms with Gasteiger partial charge in [0.25, 0.3) is 0 Å². The first-order valence-electron chi connectivity index (χ1n) is 9.16. The minimum Gasteiger partial charge on any atom is -0.497 e. The van der Waals surface area contributed by atoms with Crippen molar-refractivity contribution in [3.63, 3.8) is 0 Å². The number of hydrogen-bond acceptors (Lipinski definition) is 4. The topological polar surface area (TPSA) is 48.3 Å². The van der Waals surface area contributed by atoms with Gasteiger partial charge < -0.3 is 14.8 Å². The first-order chi connectivity index (χ1) is 13.6. The van der Waals surface area contributed by atoms with E-state index in [-0.39, 0.29) is 0 Å². The van der Waals surface area contributed by atoms with Crippen LogP contribution in [0.3, 0.4) is 0 Å². The Morgan fingerprint density at radius 3 is 2.64 bits per heavy atom. The first-order valence-corrected chi connectivity index (χ1v) is 9.91. The molecule has 3 aromatic rings. The van der Waals surface area contributed by atoms with Crippen LogP contribution in [0.5, 0.6) is 11.5 Å². The van der Waals surface area contributed by atoms with Crippen LogP contribution in [0.4, 0.5) is 5.82 Å². The highest BCUT2D eigenvalue weighted by atomic mass is 35.5. The van der Waals surface area contributed by atoms with Gasteiger partial charge in [0.15, 0.2) is 0 Å². The van der Waals surface area contributed by atoms with Crippen molar-refractivity contribution in [3.05, 3.63) is 52.0 Å². The van der Waals surface area contributed by atoms with Crippen LogP contribution in [0, 0.1) is 0 Å². The Hall–Kier alpha value is -2.37. The van der Waals surface area contributed by atoms with Gasteiger partial charge in [0.1, 0.15) is 23.0 Å². The number of rotatable bonds is 4. The molecule has 0 unspecified atom stereocenters. The van der Waals surface area contributed by atoms with Crippen LogP contribution in [-0.4, -0.2) is 30.5 Å². The summed E-state index contributed by atoms with van der Waals surface area (Å²) in [6.07, 6.45) is 3.12. The molecule has 2 heterocycles. The van der Waals surface area contributed by atoms with E-state index in [2.05, 4.69) is 5.32 Å². The lowest BCUT2D eigenvalue weighted by molar-refractivity contribution is 0.395. The highest BCUT2D eigenvalue weighted by Gasteiger charge is 2.24. The smallest absolute Gasteiger partial charge is 0.133 e. The summed E-state index contributed by atoms with van der Waals surface area (Å²) < 4.78 is 12.8. The SMILES string of the molecule is COc1ccc(-c2nn(-c3ccc(Cl)cc3Cl)c3c2CCCCN3)c(OC)c1. The Balaban J connectivity index is 1.93. The number of fused-ring (bicyclic) bond motifs is 1. The fourth-order valence-corrected chi connectivity index (χ4v) is 4.03. The molecule has 7 heteroatoms. The number of hydrogen-bond donors (Lipinski definition) is 1. The van der Waals surface area contributed by atoms with Crippen molar-refractivity contribution >= 4 is 29.0 Å². The average molecular weight is 418 g/mol. The van der Waals surface area contributed by atoms with E-state index in [0.717, 1.165) is 65.6 Å². The van der Waals surface area contributed by atoms with E-state index in [9.17, 15) is 0 Å². The molecule has 1 aliphatic rings. The van der Waals surface area contributed by atoms with E-state index in [1.807, 2.05) is 35.0 Å². The number of halogens is 2. The molecule has 0 saturated heterocycles. The van der Waals surface area contributed by atoms with Crippen LogP contribution in [0.25, 0.3) is 16.9 Å². The summed E-state index contributed by atoms with van der Waals surface area (Å²) in [6, 6.07) is 11.2. The van der Waals surface area contributed by atoms with E-state index in [0.29, 0.717) is 10.0 Å². The molecule has 4 rings (SSSR count). The molecule has 0 bridgehead atoms. The largest absolute Gasteiger partial charge is 0.497 e. The Morgan fingerprint density at radius 2 is 1.89 bits per heavy atom. The molecule has 2 aromatic carbocycles. The van der Waals surface area contributed by atoms with Crippen LogP contribution < -0.4 is 14.8 Å². The molecule has 0 fully saturated rings. The molecule has 28 heavy (non-hydrogen) atoms. The van der Waals surface area contributed by atoms with Crippen LogP contribution in [0.2, 0.25) is 10.0 Å². The van der Waals surface area contributed by atoms with Crippen molar-refractivity contribution in [3.8, 4) is 28.4 Å². The molecule has 0 radical (unpaired) electrons. The zero-order chi connectivity index (χ0) is 19.7. The third-order valence-electron chi connectivity index (χ3n) is 4.93. The lowest BCUT2D eigenvalue weighted by Crippen LogP contribution is -2.07. The monoisotopic (exact) mass is 417 g/mol. The van der Waals surface area contributed by atoms with E-state index in [1.54, 1.807) is 20.3 Å². The van der Waals surface area contributed by atoms with Crippen molar-refractivity contribution in [1.82, 2.24) is 9.78 Å². The fraction of sp³-hybridized carbons (Fsp3) is 0.286. The molecule has 146 valence electrons. The van der Waals surface area contributed by atoms with Gasteiger partial charge in [0.05, 0.1) is 24.9 Å². The summed E-state index contributed by atoms with van der Waals surface area (Å²) in [5.74, 6) is 2.43. The van der Waals surface area contributed by atoms with E-state index >= 15 is 0 Å². The molecule has 0 amide bonds. The quantitative estimate of drug-likeness (QED) is 0.598. The predicted molar refractivity (Wildman–Crippen MR) is 114 cm³/mol. The Morgan fingerprint density at radius 1 is 1.04 bits per heavy atom. The van der Waals surface area contributed by atoms with Gasteiger partial charge in [0, 0.05) is 28.8 Å². The minimum atomic E-state index is 0.553. The molecule has 1 aromatic heterocycles. The molecular formula is C21H21Cl2N3O2. The number of methoxy groups -OCH3 is 2. The van der Waals surface area contributed by atoms with Crippen LogP contribution in [0.15, 0.2) is 36.4 Å². The van der Waals surface area contributed by atoms with Crippen LogP contribution in [-0.2, 0) is 6.42 Å². The van der Waals surface area contributed by atoms with Gasteiger partial charge in [-0.15, -0.1) is 0 Å². The summed E-state index contributed by atoms with van der Waals surface area (Å²) in [6.45, 7) is 0.892. The minimum absolute atomic E-state index is 0.553. The van der Waals surface area contributed by atoms with Crippen LogP contribution in [0.1, 0.15) is 18.4 Å². The normalized spacial score (nSPS) is 13.4. The number of nitrogens with one attached hydrogen (secondary N) is 1. The van der Waals surface area contributed by atoms with Gasteiger partial charge in [0.2, 0.25) is 0 Å². The lowest BCUT2D eigenvalue weighted by atomic mass is 10.0. The Kier molecular flexibility index (Phi) is 5.38. The van der Waals surface area contributed by atoms with Crippen molar-refractivity contribution in [2.24, 2.45) is 0 Å². The standard InChI is InChI=1S/C21H21Cl2N3O2/c1-27-14-7-8-15(19(12-14)28-2)20-16-5-3-4-10-24-21(16)26(25-20)18-9-6-13(22)11-17(18)23/h6-9,11-12,24H,3-5,10H2,1-2H3. The van der Waals surface area contributed by atoms with Crippen molar-refractivity contribution < 1.29 is 9.47 Å². The summed E-state index contributed by atoms with van der Waals surface area (Å²) in [5, 5.41) is 9.61. The number of aromatic nitrogens is 2. The van der Waals surface area contributed by atoms with Crippen molar-refractivity contribution in [1.29, 1.82) is 0 Å². The number of anilines is 1. The van der Waals surface area contributed by atoms with Gasteiger partial charge in [-0.2, -0.15) is 5.10 Å². The maximum absolute atomic E-state index is 6.49. The maximum Gasteiger partial charge on any atom is 0.133 e. The lowest BCUT2D eigenvalue weighted by Gasteiger charge is -2.10. The summed E-state index contributed by atoms with van der Waals surface area (Å²) in [5.41, 5.74) is 3.75. The van der Waals surface area contributed by atoms with Gasteiger partial charge in [-0.25, -0.2) is 4.68 Å². The van der Waals surface area contributed by atoms with Gasteiger partial charge in [-0.05, 0) is 49.6 Å². The number of benzene rings is 2. The second kappa shape index (κ2) is 7.94. The second-order valence-electron chi connectivity index (χ2n) is 6.63. The average Bonchev–Trinajstić information content (AvgIpc) is 2.88. The third kappa shape index (κ3) is 3.40. The second-order valence-corrected chi connectivity index (χ2v) is 7.48. The number of ether oxygens (including phenoxy) is 2. The van der Waals surface area contributed by atoms with Crippen molar-refractivity contribution in [2.75, 3.05) is 26.1 Å². The molecule has 0 spiro atoms. The number of nitrogens with zero attached hydrogens (tertiary/aromatic N) is 2. The first kappa shape index (κ1) is 19.0. The highest BCUT2D eigenvalue weighted by Crippen LogP contribution is 2.40. The third-order valence-corrected chi connectivity index (χ3v) is 5.47. The molecule has 1 N–H and O–H groups in total.